The maximum absolute atomic E-state index is 13.5. The van der Waals surface area contributed by atoms with Crippen molar-refractivity contribution >= 4 is 34.6 Å². The van der Waals surface area contributed by atoms with Gasteiger partial charge in [-0.2, -0.15) is 11.8 Å². The van der Waals surface area contributed by atoms with Crippen molar-refractivity contribution in [3.63, 3.8) is 0 Å². The second kappa shape index (κ2) is 8.47. The van der Waals surface area contributed by atoms with Crippen molar-refractivity contribution in [2.75, 3.05) is 12.5 Å². The number of carboxylic acid groups (broad SMARTS) is 1. The Labute approximate surface area is 214 Å². The van der Waals surface area contributed by atoms with E-state index in [2.05, 4.69) is 0 Å². The number of benzene rings is 1. The van der Waals surface area contributed by atoms with E-state index < -0.39 is 23.6 Å². The minimum atomic E-state index is -1.92. The topological polar surface area (TPSA) is 163 Å². The average Bonchev–Trinajstić information content (AvgIpc) is 3.49. The summed E-state index contributed by atoms with van der Waals surface area (Å²) in [6.07, 6.45) is 0.0505. The zero-order valence-corrected chi connectivity index (χ0v) is 20.6. The molecule has 0 amide bonds. The number of aromatic nitrogens is 2. The van der Waals surface area contributed by atoms with Crippen molar-refractivity contribution in [2.45, 2.75) is 43.9 Å². The van der Waals surface area contributed by atoms with Gasteiger partial charge in [0.25, 0.3) is 5.56 Å². The molecule has 0 spiro atoms. The smallest absolute Gasteiger partial charge is 0.343 e. The lowest BCUT2D eigenvalue weighted by Gasteiger charge is -2.31. The number of carbonyl (C=O) groups excluding carboxylic acids is 1. The summed E-state index contributed by atoms with van der Waals surface area (Å²) < 4.78 is 17.8. The standard InChI is InChI=1S/C25H23N3O8S/c1-2-25(33)15-4-18-21-12(6-28(18)22(29)13(15)7-34-24(25)32)14(8-37-9-16(26)23(30)31)11-3-19-20(36-10-35-19)5-17(11)27-21/h3-5,16,33H,2,6-10,26H2,1H3,(H,30,31)/t16?,25-/m0/s1. The first-order valence-corrected chi connectivity index (χ1v) is 12.9. The molecule has 2 atom stereocenters. The zero-order chi connectivity index (χ0) is 26.1. The number of hydrogen-bond donors (Lipinski definition) is 3. The number of rotatable bonds is 6. The maximum atomic E-state index is 13.5. The predicted molar refractivity (Wildman–Crippen MR) is 132 cm³/mol. The first-order valence-electron chi connectivity index (χ1n) is 11.7. The molecule has 1 aromatic carbocycles. The molecular weight excluding hydrogens is 502 g/mol. The molecule has 4 N–H and O–H groups in total. The van der Waals surface area contributed by atoms with Gasteiger partial charge in [0.05, 0.1) is 29.0 Å². The molecule has 11 nitrogen and oxygen atoms in total. The van der Waals surface area contributed by atoms with Gasteiger partial charge in [0.2, 0.25) is 6.79 Å². The molecule has 0 aliphatic carbocycles. The number of aliphatic carboxylic acids is 1. The van der Waals surface area contributed by atoms with Gasteiger partial charge in [-0.3, -0.25) is 9.59 Å². The summed E-state index contributed by atoms with van der Waals surface area (Å²) >= 11 is 1.37. The number of fused-ring (bicyclic) bond motifs is 6. The molecule has 0 radical (unpaired) electrons. The molecule has 2 aromatic heterocycles. The molecule has 1 unspecified atom stereocenters. The predicted octanol–water partition coefficient (Wildman–Crippen LogP) is 1.45. The molecule has 192 valence electrons. The van der Waals surface area contributed by atoms with E-state index in [1.54, 1.807) is 23.6 Å². The number of pyridine rings is 2. The first-order chi connectivity index (χ1) is 17.7. The largest absolute Gasteiger partial charge is 0.480 e. The number of hydrogen-bond acceptors (Lipinski definition) is 10. The Balaban J connectivity index is 1.54. The first kappa shape index (κ1) is 23.8. The van der Waals surface area contributed by atoms with Crippen LogP contribution in [0.1, 0.15) is 35.6 Å². The van der Waals surface area contributed by atoms with Crippen molar-refractivity contribution in [2.24, 2.45) is 5.73 Å². The molecule has 6 rings (SSSR count). The van der Waals surface area contributed by atoms with Crippen LogP contribution in [0.2, 0.25) is 0 Å². The minimum Gasteiger partial charge on any atom is -0.480 e. The van der Waals surface area contributed by atoms with Gasteiger partial charge in [0.15, 0.2) is 17.1 Å². The van der Waals surface area contributed by atoms with Crippen LogP contribution in [0.15, 0.2) is 23.0 Å². The fourth-order valence-corrected chi connectivity index (χ4v) is 6.12. The Kier molecular flexibility index (Phi) is 5.44. The van der Waals surface area contributed by atoms with Crippen molar-refractivity contribution in [1.82, 2.24) is 9.55 Å². The Morgan fingerprint density at radius 2 is 1.97 bits per heavy atom. The monoisotopic (exact) mass is 525 g/mol. The molecule has 3 aliphatic rings. The zero-order valence-electron chi connectivity index (χ0n) is 19.8. The SMILES string of the molecule is CC[C@@]1(O)C(=O)OCc2c1cc1n(c2=O)Cc2c-1nc1cc3c(cc1c2CSCC(N)C(=O)O)OCO3. The second-order valence-corrected chi connectivity index (χ2v) is 10.2. The number of esters is 1. The third kappa shape index (κ3) is 3.50. The molecule has 12 heteroatoms. The van der Waals surface area contributed by atoms with Gasteiger partial charge in [0.1, 0.15) is 12.6 Å². The van der Waals surface area contributed by atoms with Crippen molar-refractivity contribution in [3.8, 4) is 22.9 Å². The Bertz CT molecular complexity index is 1570. The summed E-state index contributed by atoms with van der Waals surface area (Å²) in [7, 11) is 0. The van der Waals surface area contributed by atoms with E-state index in [-0.39, 0.29) is 48.8 Å². The summed E-state index contributed by atoms with van der Waals surface area (Å²) in [5.41, 5.74) is 7.27. The van der Waals surface area contributed by atoms with Crippen LogP contribution in [0, 0.1) is 0 Å². The van der Waals surface area contributed by atoms with E-state index in [0.717, 1.165) is 16.5 Å². The summed E-state index contributed by atoms with van der Waals surface area (Å²) in [4.78, 5) is 42.1. The van der Waals surface area contributed by atoms with Crippen LogP contribution in [-0.4, -0.2) is 50.3 Å². The van der Waals surface area contributed by atoms with Gasteiger partial charge in [-0.15, -0.1) is 0 Å². The van der Waals surface area contributed by atoms with Gasteiger partial charge in [0, 0.05) is 34.1 Å². The number of carboxylic acids is 1. The normalized spacial score (nSPS) is 19.8. The molecule has 37 heavy (non-hydrogen) atoms. The van der Waals surface area contributed by atoms with Gasteiger partial charge >= 0.3 is 11.9 Å². The van der Waals surface area contributed by atoms with Crippen molar-refractivity contribution in [3.05, 3.63) is 50.8 Å². The third-order valence-electron chi connectivity index (χ3n) is 7.16. The molecule has 0 bridgehead atoms. The quantitative estimate of drug-likeness (QED) is 0.312. The summed E-state index contributed by atoms with van der Waals surface area (Å²) in [6.45, 7) is 1.77. The van der Waals surface area contributed by atoms with Gasteiger partial charge in [-0.05, 0) is 24.1 Å². The molecule has 5 heterocycles. The number of nitrogens with zero attached hydrogens (tertiary/aromatic N) is 2. The van der Waals surface area contributed by atoms with Crippen LogP contribution in [0.3, 0.4) is 0 Å². The highest BCUT2D eigenvalue weighted by atomic mass is 32.2. The molecule has 0 saturated heterocycles. The maximum Gasteiger partial charge on any atom is 0.343 e. The molecule has 0 fully saturated rings. The highest BCUT2D eigenvalue weighted by Crippen LogP contribution is 2.43. The van der Waals surface area contributed by atoms with E-state index in [4.69, 9.17) is 24.9 Å². The lowest BCUT2D eigenvalue weighted by Crippen LogP contribution is -2.44. The number of ether oxygens (including phenoxy) is 3. The molecule has 3 aromatic rings. The van der Waals surface area contributed by atoms with Crippen LogP contribution in [0.25, 0.3) is 22.3 Å². The van der Waals surface area contributed by atoms with E-state index in [1.165, 1.54) is 11.8 Å². The minimum absolute atomic E-state index is 0.0505. The van der Waals surface area contributed by atoms with Crippen LogP contribution >= 0.6 is 11.8 Å². The fourth-order valence-electron chi connectivity index (χ4n) is 5.08. The average molecular weight is 526 g/mol. The highest BCUT2D eigenvalue weighted by molar-refractivity contribution is 7.98. The Morgan fingerprint density at radius 1 is 1.22 bits per heavy atom. The lowest BCUT2D eigenvalue weighted by molar-refractivity contribution is -0.172. The Morgan fingerprint density at radius 3 is 2.70 bits per heavy atom. The van der Waals surface area contributed by atoms with E-state index >= 15 is 0 Å². The summed E-state index contributed by atoms with van der Waals surface area (Å²) in [5.74, 6) is -0.112. The number of aliphatic hydroxyl groups is 1. The second-order valence-electron chi connectivity index (χ2n) is 9.20. The van der Waals surface area contributed by atoms with Crippen LogP contribution in [-0.2, 0) is 38.8 Å². The van der Waals surface area contributed by atoms with Crippen molar-refractivity contribution < 1.29 is 34.0 Å². The fraction of sp³-hybridized carbons (Fsp3) is 0.360. The van der Waals surface area contributed by atoms with Crippen molar-refractivity contribution in [1.29, 1.82) is 0 Å². The number of cyclic esters (lactones) is 1. The van der Waals surface area contributed by atoms with Crippen LogP contribution < -0.4 is 20.8 Å². The van der Waals surface area contributed by atoms with E-state index in [0.29, 0.717) is 34.2 Å². The Hall–Kier alpha value is -3.61. The van der Waals surface area contributed by atoms with Gasteiger partial charge in [-0.25, -0.2) is 9.78 Å². The summed E-state index contributed by atoms with van der Waals surface area (Å²) in [6, 6.07) is 4.27. The highest BCUT2D eigenvalue weighted by Gasteiger charge is 2.45. The molecule has 3 aliphatic heterocycles. The lowest BCUT2D eigenvalue weighted by atomic mass is 9.86. The molecule has 0 saturated carbocycles. The molecular formula is C25H23N3O8S. The summed E-state index contributed by atoms with van der Waals surface area (Å²) in [5, 5.41) is 21.1. The van der Waals surface area contributed by atoms with Gasteiger partial charge in [-0.1, -0.05) is 6.92 Å². The number of nitrogens with two attached hydrogens (primary N) is 1. The van der Waals surface area contributed by atoms with E-state index in [1.807, 2.05) is 6.07 Å². The number of carbonyl (C=O) groups is 2. The van der Waals surface area contributed by atoms with Crippen LogP contribution in [0.5, 0.6) is 11.5 Å². The van der Waals surface area contributed by atoms with E-state index in [9.17, 15) is 24.6 Å². The van der Waals surface area contributed by atoms with Gasteiger partial charge < -0.3 is 34.7 Å². The van der Waals surface area contributed by atoms with Crippen LogP contribution in [0.4, 0.5) is 0 Å². The number of thioether (sulfide) groups is 1. The third-order valence-corrected chi connectivity index (χ3v) is 8.25.